The zero-order valence-corrected chi connectivity index (χ0v) is 16.5. The van der Waals surface area contributed by atoms with Crippen molar-refractivity contribution in [2.75, 3.05) is 6.61 Å². The highest BCUT2D eigenvalue weighted by molar-refractivity contribution is 6.67. The molecule has 0 aromatic carbocycles. The maximum Gasteiger partial charge on any atom is 0.337 e. The maximum atomic E-state index is 6.45. The molecule has 0 amide bonds. The smallest absolute Gasteiger partial charge is 0.337 e. The molecule has 0 spiro atoms. The van der Waals surface area contributed by atoms with E-state index in [0.29, 0.717) is 12.0 Å². The minimum atomic E-state index is -1.96. The molecule has 0 aromatic heterocycles. The van der Waals surface area contributed by atoms with E-state index in [0.717, 1.165) is 18.7 Å². The molecule has 0 saturated heterocycles. The van der Waals surface area contributed by atoms with Gasteiger partial charge in [-0.05, 0) is 31.4 Å². The number of rotatable bonds is 14. The largest absolute Gasteiger partial charge is 0.394 e. The molecule has 0 aliphatic carbocycles. The van der Waals surface area contributed by atoms with Crippen LogP contribution in [-0.4, -0.2) is 21.3 Å². The van der Waals surface area contributed by atoms with Gasteiger partial charge in [-0.15, -0.1) is 0 Å². The molecule has 0 aliphatic heterocycles. The molecule has 2 nitrogen and oxygen atoms in total. The molecule has 0 radical (unpaired) electrons. The van der Waals surface area contributed by atoms with E-state index < -0.39 is 8.56 Å². The second kappa shape index (κ2) is 12.7. The van der Waals surface area contributed by atoms with E-state index in [9.17, 15) is 0 Å². The summed E-state index contributed by atoms with van der Waals surface area (Å²) in [5.74, 6) is 0.618. The normalized spacial score (nSPS) is 15.1. The Balaban J connectivity index is 4.09. The van der Waals surface area contributed by atoms with E-state index in [1.54, 1.807) is 0 Å². The van der Waals surface area contributed by atoms with Crippen LogP contribution in [0.25, 0.3) is 0 Å². The molecule has 2 unspecified atom stereocenters. The fourth-order valence-electron chi connectivity index (χ4n) is 2.58. The fraction of sp³-hybridized carbons (Fsp3) is 1.00. The Morgan fingerprint density at radius 2 is 1.38 bits per heavy atom. The predicted octanol–water partition coefficient (Wildman–Crippen LogP) is 6.30. The summed E-state index contributed by atoms with van der Waals surface area (Å²) in [4.78, 5) is 0. The molecule has 0 aromatic rings. The second-order valence-electron chi connectivity index (χ2n) is 6.44. The summed E-state index contributed by atoms with van der Waals surface area (Å²) in [5.41, 5.74) is 0. The van der Waals surface area contributed by atoms with Gasteiger partial charge in [0.15, 0.2) is 0 Å². The van der Waals surface area contributed by atoms with E-state index in [1.807, 2.05) is 0 Å². The topological polar surface area (TPSA) is 18.5 Å². The lowest BCUT2D eigenvalue weighted by molar-refractivity contribution is 0.0869. The van der Waals surface area contributed by atoms with Crippen molar-refractivity contribution >= 4 is 8.56 Å². The van der Waals surface area contributed by atoms with Crippen LogP contribution in [0.2, 0.25) is 12.1 Å². The van der Waals surface area contributed by atoms with E-state index in [1.165, 1.54) is 44.9 Å². The highest BCUT2D eigenvalue weighted by atomic mass is 28.4. The molecule has 21 heavy (non-hydrogen) atoms. The van der Waals surface area contributed by atoms with Crippen LogP contribution in [0.1, 0.15) is 86.5 Å². The Morgan fingerprint density at radius 3 is 1.90 bits per heavy atom. The van der Waals surface area contributed by atoms with Crippen molar-refractivity contribution in [3.8, 4) is 0 Å². The zero-order valence-electron chi connectivity index (χ0n) is 15.5. The summed E-state index contributed by atoms with van der Waals surface area (Å²) in [7, 11) is -1.96. The van der Waals surface area contributed by atoms with Crippen molar-refractivity contribution in [1.29, 1.82) is 0 Å². The molecule has 2 atom stereocenters. The van der Waals surface area contributed by atoms with E-state index in [-0.39, 0.29) is 0 Å². The third-order valence-corrected chi connectivity index (χ3v) is 8.47. The minimum absolute atomic E-state index is 0.325. The SMILES string of the molecule is CCCCCCCCO[Si](CC)(CC)OC(C)C(C)CC. The summed E-state index contributed by atoms with van der Waals surface area (Å²) in [5, 5.41) is 0. The Hall–Kier alpha value is 0.137. The van der Waals surface area contributed by atoms with Crippen LogP contribution in [-0.2, 0) is 8.85 Å². The minimum Gasteiger partial charge on any atom is -0.394 e. The first-order valence-electron chi connectivity index (χ1n) is 9.36. The Labute approximate surface area is 135 Å². The van der Waals surface area contributed by atoms with E-state index in [4.69, 9.17) is 8.85 Å². The molecule has 128 valence electrons. The number of hydrogen-bond donors (Lipinski definition) is 0. The van der Waals surface area contributed by atoms with Crippen molar-refractivity contribution in [3.63, 3.8) is 0 Å². The van der Waals surface area contributed by atoms with Crippen LogP contribution in [0.5, 0.6) is 0 Å². The highest BCUT2D eigenvalue weighted by Gasteiger charge is 2.36. The standard InChI is InChI=1S/C18H40O2Si/c1-7-11-12-13-14-15-16-19-21(9-3,10-4)20-18(6)17(5)8-2/h17-18H,7-16H2,1-6H3. The van der Waals surface area contributed by atoms with Gasteiger partial charge in [-0.25, -0.2) is 0 Å². The molecule has 0 heterocycles. The van der Waals surface area contributed by atoms with Gasteiger partial charge in [-0.2, -0.15) is 0 Å². The van der Waals surface area contributed by atoms with Gasteiger partial charge in [0.2, 0.25) is 0 Å². The first-order chi connectivity index (χ1) is 10.0. The molecule has 0 aliphatic rings. The Morgan fingerprint density at radius 1 is 0.810 bits per heavy atom. The summed E-state index contributed by atoms with van der Waals surface area (Å²) >= 11 is 0. The average molecular weight is 317 g/mol. The molecule has 0 N–H and O–H groups in total. The van der Waals surface area contributed by atoms with Crippen LogP contribution < -0.4 is 0 Å². The number of hydrogen-bond acceptors (Lipinski definition) is 2. The third-order valence-electron chi connectivity index (χ3n) is 4.79. The fourth-order valence-corrected chi connectivity index (χ4v) is 5.32. The lowest BCUT2D eigenvalue weighted by atomic mass is 10.0. The summed E-state index contributed by atoms with van der Waals surface area (Å²) < 4.78 is 12.8. The molecular weight excluding hydrogens is 276 g/mol. The van der Waals surface area contributed by atoms with Gasteiger partial charge < -0.3 is 8.85 Å². The van der Waals surface area contributed by atoms with Crippen molar-refractivity contribution in [1.82, 2.24) is 0 Å². The quantitative estimate of drug-likeness (QED) is 0.277. The van der Waals surface area contributed by atoms with Crippen LogP contribution in [0, 0.1) is 5.92 Å². The van der Waals surface area contributed by atoms with Crippen LogP contribution in [0.4, 0.5) is 0 Å². The van der Waals surface area contributed by atoms with Crippen molar-refractivity contribution in [3.05, 3.63) is 0 Å². The van der Waals surface area contributed by atoms with Gasteiger partial charge in [0, 0.05) is 12.7 Å². The third kappa shape index (κ3) is 8.99. The van der Waals surface area contributed by atoms with Crippen molar-refractivity contribution < 1.29 is 8.85 Å². The first kappa shape index (κ1) is 21.1. The van der Waals surface area contributed by atoms with Crippen LogP contribution in [0.15, 0.2) is 0 Å². The zero-order chi connectivity index (χ0) is 16.1. The molecular formula is C18H40O2Si. The van der Waals surface area contributed by atoms with Gasteiger partial charge in [0.05, 0.1) is 0 Å². The molecule has 0 fully saturated rings. The molecule has 0 rings (SSSR count). The molecule has 0 saturated carbocycles. The lowest BCUT2D eigenvalue weighted by Crippen LogP contribution is -2.45. The average Bonchev–Trinajstić information content (AvgIpc) is 2.51. The summed E-state index contributed by atoms with van der Waals surface area (Å²) in [6.45, 7) is 14.4. The summed E-state index contributed by atoms with van der Waals surface area (Å²) in [6, 6.07) is 2.14. The van der Waals surface area contributed by atoms with Crippen molar-refractivity contribution in [2.45, 2.75) is 105 Å². The van der Waals surface area contributed by atoms with Crippen LogP contribution >= 0.6 is 0 Å². The van der Waals surface area contributed by atoms with Gasteiger partial charge >= 0.3 is 8.56 Å². The first-order valence-corrected chi connectivity index (χ1v) is 11.6. The second-order valence-corrected chi connectivity index (χ2v) is 10.2. The molecule has 0 bridgehead atoms. The monoisotopic (exact) mass is 316 g/mol. The van der Waals surface area contributed by atoms with Gasteiger partial charge in [0.1, 0.15) is 0 Å². The number of unbranched alkanes of at least 4 members (excludes halogenated alkanes) is 5. The van der Waals surface area contributed by atoms with Gasteiger partial charge in [-0.3, -0.25) is 0 Å². The van der Waals surface area contributed by atoms with Crippen molar-refractivity contribution in [2.24, 2.45) is 5.92 Å². The Bertz CT molecular complexity index is 229. The van der Waals surface area contributed by atoms with Crippen LogP contribution in [0.3, 0.4) is 0 Å². The van der Waals surface area contributed by atoms with E-state index in [2.05, 4.69) is 41.5 Å². The molecule has 3 heteroatoms. The lowest BCUT2D eigenvalue weighted by Gasteiger charge is -2.34. The summed E-state index contributed by atoms with van der Waals surface area (Å²) in [6.07, 6.45) is 9.43. The Kier molecular flexibility index (Phi) is 12.7. The highest BCUT2D eigenvalue weighted by Crippen LogP contribution is 2.24. The van der Waals surface area contributed by atoms with Gasteiger partial charge in [0.25, 0.3) is 0 Å². The maximum absolute atomic E-state index is 6.45. The van der Waals surface area contributed by atoms with Gasteiger partial charge in [-0.1, -0.05) is 73.1 Å². The van der Waals surface area contributed by atoms with E-state index >= 15 is 0 Å². The predicted molar refractivity (Wildman–Crippen MR) is 96.0 cm³/mol.